The van der Waals surface area contributed by atoms with Gasteiger partial charge in [-0.05, 0) is 54.6 Å². The van der Waals surface area contributed by atoms with E-state index in [1.54, 1.807) is 0 Å². The maximum Gasteiger partial charge on any atom is 0.123 e. The van der Waals surface area contributed by atoms with Crippen molar-refractivity contribution in [2.75, 3.05) is 6.54 Å². The maximum atomic E-state index is 12.9. The Morgan fingerprint density at radius 1 is 1.00 bits per heavy atom. The summed E-state index contributed by atoms with van der Waals surface area (Å²) in [5, 5.41) is 0. The molecule has 1 atom stereocenters. The van der Waals surface area contributed by atoms with Crippen LogP contribution >= 0.6 is 15.9 Å². The van der Waals surface area contributed by atoms with Gasteiger partial charge in [0, 0.05) is 4.47 Å². The molecule has 0 aliphatic carbocycles. The van der Waals surface area contributed by atoms with E-state index in [-0.39, 0.29) is 5.82 Å². The Kier molecular flexibility index (Phi) is 5.11. The molecule has 3 heteroatoms. The Morgan fingerprint density at radius 3 is 2.32 bits per heavy atom. The molecule has 2 rings (SSSR count). The van der Waals surface area contributed by atoms with Crippen LogP contribution in [0.3, 0.4) is 0 Å². The van der Waals surface area contributed by atoms with Crippen LogP contribution in [0.4, 0.5) is 4.39 Å². The molecular weight excluding hydrogens is 305 g/mol. The molecule has 0 aromatic heterocycles. The van der Waals surface area contributed by atoms with E-state index in [0.717, 1.165) is 22.9 Å². The Hall–Kier alpha value is -1.19. The minimum absolute atomic E-state index is 0.196. The molecule has 0 aliphatic heterocycles. The number of hydrogen-bond acceptors (Lipinski definition) is 1. The summed E-state index contributed by atoms with van der Waals surface area (Å²) >= 11 is 3.56. The zero-order chi connectivity index (χ0) is 13.7. The molecule has 0 spiro atoms. The van der Waals surface area contributed by atoms with E-state index in [1.165, 1.54) is 17.7 Å². The minimum Gasteiger partial charge on any atom is -0.330 e. The third kappa shape index (κ3) is 4.15. The van der Waals surface area contributed by atoms with Crippen molar-refractivity contribution in [3.05, 3.63) is 69.9 Å². The fourth-order valence-corrected chi connectivity index (χ4v) is 2.61. The van der Waals surface area contributed by atoms with Gasteiger partial charge in [0.25, 0.3) is 0 Å². The summed E-state index contributed by atoms with van der Waals surface area (Å²) in [6.07, 6.45) is 1.80. The first kappa shape index (κ1) is 14.2. The van der Waals surface area contributed by atoms with Gasteiger partial charge in [-0.2, -0.15) is 0 Å². The second-order valence-electron chi connectivity index (χ2n) is 4.73. The van der Waals surface area contributed by atoms with Crippen molar-refractivity contribution in [1.82, 2.24) is 0 Å². The van der Waals surface area contributed by atoms with Gasteiger partial charge in [0.2, 0.25) is 0 Å². The molecule has 0 saturated carbocycles. The first-order chi connectivity index (χ1) is 9.19. The molecule has 1 nitrogen and oxygen atoms in total. The van der Waals surface area contributed by atoms with E-state index in [2.05, 4.69) is 22.0 Å². The van der Waals surface area contributed by atoms with Crippen LogP contribution in [0.5, 0.6) is 0 Å². The number of nitrogens with two attached hydrogens (primary N) is 1. The van der Waals surface area contributed by atoms with E-state index >= 15 is 0 Å². The van der Waals surface area contributed by atoms with Crippen LogP contribution in [0.25, 0.3) is 0 Å². The smallest absolute Gasteiger partial charge is 0.123 e. The molecule has 0 saturated heterocycles. The zero-order valence-corrected chi connectivity index (χ0v) is 12.2. The van der Waals surface area contributed by atoms with Crippen LogP contribution < -0.4 is 5.73 Å². The lowest BCUT2D eigenvalue weighted by molar-refractivity contribution is 0.531. The highest BCUT2D eigenvalue weighted by molar-refractivity contribution is 9.10. The summed E-state index contributed by atoms with van der Waals surface area (Å²) in [6, 6.07) is 14.9. The largest absolute Gasteiger partial charge is 0.330 e. The summed E-state index contributed by atoms with van der Waals surface area (Å²) in [5.41, 5.74) is 8.25. The van der Waals surface area contributed by atoms with Crippen molar-refractivity contribution < 1.29 is 4.39 Å². The van der Waals surface area contributed by atoms with Gasteiger partial charge in [-0.15, -0.1) is 0 Å². The first-order valence-electron chi connectivity index (χ1n) is 6.37. The summed E-state index contributed by atoms with van der Waals surface area (Å²) in [5.74, 6) is 0.169. The number of halogens is 2. The van der Waals surface area contributed by atoms with Gasteiger partial charge in [0.15, 0.2) is 0 Å². The second kappa shape index (κ2) is 6.83. The van der Waals surface area contributed by atoms with Crippen molar-refractivity contribution in [2.24, 2.45) is 11.7 Å². The molecule has 2 N–H and O–H groups in total. The molecule has 0 bridgehead atoms. The second-order valence-corrected chi connectivity index (χ2v) is 5.58. The van der Waals surface area contributed by atoms with E-state index in [4.69, 9.17) is 5.73 Å². The Labute approximate surface area is 121 Å². The molecule has 1 unspecified atom stereocenters. The number of hydrogen-bond donors (Lipinski definition) is 1. The van der Waals surface area contributed by atoms with Gasteiger partial charge >= 0.3 is 0 Å². The molecule has 2 aromatic rings. The SMILES string of the molecule is NCC(Cc1ccc(F)cc1)Cc1ccccc1Br. The fourth-order valence-electron chi connectivity index (χ4n) is 2.17. The Balaban J connectivity index is 2.05. The van der Waals surface area contributed by atoms with Crippen LogP contribution in [0.2, 0.25) is 0 Å². The van der Waals surface area contributed by atoms with Gasteiger partial charge in [-0.1, -0.05) is 46.3 Å². The van der Waals surface area contributed by atoms with Crippen molar-refractivity contribution in [3.63, 3.8) is 0 Å². The van der Waals surface area contributed by atoms with Gasteiger partial charge < -0.3 is 5.73 Å². The molecule has 100 valence electrons. The molecule has 0 fully saturated rings. The zero-order valence-electron chi connectivity index (χ0n) is 10.7. The van der Waals surface area contributed by atoms with Crippen LogP contribution in [0.1, 0.15) is 11.1 Å². The third-order valence-corrected chi connectivity index (χ3v) is 4.01. The standard InChI is InChI=1S/C16H17BrFN/c17-16-4-2-1-3-14(16)10-13(11-19)9-12-5-7-15(18)8-6-12/h1-8,13H,9-11,19H2. The van der Waals surface area contributed by atoms with E-state index in [1.807, 2.05) is 30.3 Å². The quantitative estimate of drug-likeness (QED) is 0.886. The number of rotatable bonds is 5. The average Bonchev–Trinajstić information content (AvgIpc) is 2.43. The van der Waals surface area contributed by atoms with Gasteiger partial charge in [0.05, 0.1) is 0 Å². The minimum atomic E-state index is -0.196. The monoisotopic (exact) mass is 321 g/mol. The van der Waals surface area contributed by atoms with Crippen LogP contribution in [0, 0.1) is 11.7 Å². The van der Waals surface area contributed by atoms with E-state index in [9.17, 15) is 4.39 Å². The van der Waals surface area contributed by atoms with Crippen LogP contribution in [0.15, 0.2) is 53.0 Å². The van der Waals surface area contributed by atoms with Crippen molar-refractivity contribution >= 4 is 15.9 Å². The lowest BCUT2D eigenvalue weighted by atomic mass is 9.93. The summed E-state index contributed by atoms with van der Waals surface area (Å²) < 4.78 is 14.0. The van der Waals surface area contributed by atoms with Crippen LogP contribution in [-0.2, 0) is 12.8 Å². The third-order valence-electron chi connectivity index (χ3n) is 3.24. The van der Waals surface area contributed by atoms with Crippen molar-refractivity contribution in [3.8, 4) is 0 Å². The van der Waals surface area contributed by atoms with Gasteiger partial charge in [-0.25, -0.2) is 4.39 Å². The summed E-state index contributed by atoms with van der Waals surface area (Å²) in [7, 11) is 0. The molecular formula is C16H17BrFN. The summed E-state index contributed by atoms with van der Waals surface area (Å²) in [4.78, 5) is 0. The van der Waals surface area contributed by atoms with E-state index in [0.29, 0.717) is 12.5 Å². The van der Waals surface area contributed by atoms with E-state index < -0.39 is 0 Å². The molecule has 0 radical (unpaired) electrons. The number of benzene rings is 2. The highest BCUT2D eigenvalue weighted by Crippen LogP contribution is 2.21. The van der Waals surface area contributed by atoms with Crippen LogP contribution in [-0.4, -0.2) is 6.54 Å². The predicted octanol–water partition coefficient (Wildman–Crippen LogP) is 3.95. The predicted molar refractivity (Wildman–Crippen MR) is 80.5 cm³/mol. The molecule has 19 heavy (non-hydrogen) atoms. The average molecular weight is 322 g/mol. The molecule has 0 amide bonds. The Bertz CT molecular complexity index is 525. The molecule has 0 aliphatic rings. The maximum absolute atomic E-state index is 12.9. The normalized spacial score (nSPS) is 12.4. The van der Waals surface area contributed by atoms with Gasteiger partial charge in [-0.3, -0.25) is 0 Å². The topological polar surface area (TPSA) is 26.0 Å². The highest BCUT2D eigenvalue weighted by atomic mass is 79.9. The van der Waals surface area contributed by atoms with Crippen molar-refractivity contribution in [1.29, 1.82) is 0 Å². The lowest BCUT2D eigenvalue weighted by Gasteiger charge is -2.16. The highest BCUT2D eigenvalue weighted by Gasteiger charge is 2.11. The fraction of sp³-hybridized carbons (Fsp3) is 0.250. The van der Waals surface area contributed by atoms with Crippen molar-refractivity contribution in [2.45, 2.75) is 12.8 Å². The Morgan fingerprint density at radius 2 is 1.68 bits per heavy atom. The molecule has 0 heterocycles. The lowest BCUT2D eigenvalue weighted by Crippen LogP contribution is -2.19. The van der Waals surface area contributed by atoms with Gasteiger partial charge in [0.1, 0.15) is 5.82 Å². The summed E-state index contributed by atoms with van der Waals surface area (Å²) in [6.45, 7) is 0.624. The first-order valence-corrected chi connectivity index (χ1v) is 7.16. The molecule has 2 aromatic carbocycles.